The molecular weight excluding hydrogens is 192 g/mol. The summed E-state index contributed by atoms with van der Waals surface area (Å²) in [6.45, 7) is 4.55. The van der Waals surface area contributed by atoms with Gasteiger partial charge in [0.2, 0.25) is 0 Å². The van der Waals surface area contributed by atoms with E-state index in [1.54, 1.807) is 26.2 Å². The summed E-state index contributed by atoms with van der Waals surface area (Å²) < 4.78 is 10.3. The van der Waals surface area contributed by atoms with Crippen LogP contribution in [0.15, 0.2) is 18.2 Å². The van der Waals surface area contributed by atoms with Crippen LogP contribution >= 0.6 is 0 Å². The standard InChI is InChI=1S/C12H16O3/c1-9-8-11(15-7-6-14-3)4-5-12(9)10(2)13/h4-5,8H,6-7H2,1-3H3. The van der Waals surface area contributed by atoms with Gasteiger partial charge < -0.3 is 9.47 Å². The van der Waals surface area contributed by atoms with Gasteiger partial charge in [0.05, 0.1) is 6.61 Å². The van der Waals surface area contributed by atoms with Crippen molar-refractivity contribution < 1.29 is 14.3 Å². The van der Waals surface area contributed by atoms with Gasteiger partial charge in [-0.1, -0.05) is 0 Å². The molecule has 3 heteroatoms. The normalized spacial score (nSPS) is 10.1. The number of hydrogen-bond donors (Lipinski definition) is 0. The largest absolute Gasteiger partial charge is 0.491 e. The highest BCUT2D eigenvalue weighted by molar-refractivity contribution is 5.95. The molecule has 0 saturated heterocycles. The fraction of sp³-hybridized carbons (Fsp3) is 0.417. The van der Waals surface area contributed by atoms with Crippen LogP contribution in [0.4, 0.5) is 0 Å². The highest BCUT2D eigenvalue weighted by Crippen LogP contribution is 2.17. The highest BCUT2D eigenvalue weighted by Gasteiger charge is 2.04. The van der Waals surface area contributed by atoms with E-state index in [1.807, 2.05) is 13.0 Å². The molecule has 0 aromatic heterocycles. The van der Waals surface area contributed by atoms with E-state index in [0.29, 0.717) is 13.2 Å². The Balaban J connectivity index is 2.69. The summed E-state index contributed by atoms with van der Waals surface area (Å²) in [4.78, 5) is 11.2. The third-order valence-corrected chi connectivity index (χ3v) is 2.13. The monoisotopic (exact) mass is 208 g/mol. The van der Waals surface area contributed by atoms with E-state index < -0.39 is 0 Å². The van der Waals surface area contributed by atoms with Crippen LogP contribution in [-0.4, -0.2) is 26.1 Å². The molecule has 0 aliphatic rings. The Morgan fingerprint density at radius 3 is 2.60 bits per heavy atom. The molecule has 1 aromatic carbocycles. The van der Waals surface area contributed by atoms with E-state index >= 15 is 0 Å². The van der Waals surface area contributed by atoms with Gasteiger partial charge in [-0.2, -0.15) is 0 Å². The van der Waals surface area contributed by atoms with Gasteiger partial charge in [0.15, 0.2) is 5.78 Å². The molecular formula is C12H16O3. The maximum absolute atomic E-state index is 11.2. The van der Waals surface area contributed by atoms with Gasteiger partial charge in [0.1, 0.15) is 12.4 Å². The molecule has 82 valence electrons. The Hall–Kier alpha value is -1.35. The molecule has 0 fully saturated rings. The van der Waals surface area contributed by atoms with Gasteiger partial charge in [0.25, 0.3) is 0 Å². The SMILES string of the molecule is COCCOc1ccc(C(C)=O)c(C)c1. The predicted octanol–water partition coefficient (Wildman–Crippen LogP) is 2.22. The third-order valence-electron chi connectivity index (χ3n) is 2.13. The first-order valence-corrected chi connectivity index (χ1v) is 4.88. The molecule has 15 heavy (non-hydrogen) atoms. The minimum absolute atomic E-state index is 0.0796. The van der Waals surface area contributed by atoms with Crippen molar-refractivity contribution in [2.45, 2.75) is 13.8 Å². The fourth-order valence-corrected chi connectivity index (χ4v) is 1.36. The summed E-state index contributed by atoms with van der Waals surface area (Å²) in [6.07, 6.45) is 0. The van der Waals surface area contributed by atoms with Crippen molar-refractivity contribution in [3.8, 4) is 5.75 Å². The number of benzene rings is 1. The van der Waals surface area contributed by atoms with Crippen molar-refractivity contribution in [1.29, 1.82) is 0 Å². The Morgan fingerprint density at radius 1 is 1.33 bits per heavy atom. The number of carbonyl (C=O) groups excluding carboxylic acids is 1. The number of ether oxygens (including phenoxy) is 2. The van der Waals surface area contributed by atoms with Crippen molar-refractivity contribution in [3.05, 3.63) is 29.3 Å². The van der Waals surface area contributed by atoms with E-state index in [0.717, 1.165) is 16.9 Å². The van der Waals surface area contributed by atoms with Gasteiger partial charge in [0, 0.05) is 12.7 Å². The van der Waals surface area contributed by atoms with Crippen molar-refractivity contribution in [1.82, 2.24) is 0 Å². The molecule has 0 unspecified atom stereocenters. The number of ketones is 1. The Morgan fingerprint density at radius 2 is 2.07 bits per heavy atom. The van der Waals surface area contributed by atoms with Crippen LogP contribution in [0.2, 0.25) is 0 Å². The van der Waals surface area contributed by atoms with Crippen molar-refractivity contribution in [2.24, 2.45) is 0 Å². The first kappa shape index (κ1) is 11.7. The second-order valence-corrected chi connectivity index (χ2v) is 3.37. The van der Waals surface area contributed by atoms with Crippen LogP contribution in [0.1, 0.15) is 22.8 Å². The minimum Gasteiger partial charge on any atom is -0.491 e. The molecule has 3 nitrogen and oxygen atoms in total. The van der Waals surface area contributed by atoms with Crippen LogP contribution in [0.5, 0.6) is 5.75 Å². The van der Waals surface area contributed by atoms with Gasteiger partial charge in [-0.15, -0.1) is 0 Å². The Labute approximate surface area is 90.0 Å². The second kappa shape index (κ2) is 5.51. The maximum atomic E-state index is 11.2. The number of rotatable bonds is 5. The molecule has 1 aromatic rings. The molecule has 0 saturated carbocycles. The predicted molar refractivity (Wildman–Crippen MR) is 58.6 cm³/mol. The van der Waals surface area contributed by atoms with Crippen LogP contribution in [0, 0.1) is 6.92 Å². The van der Waals surface area contributed by atoms with E-state index in [-0.39, 0.29) is 5.78 Å². The van der Waals surface area contributed by atoms with Crippen LogP contribution < -0.4 is 4.74 Å². The average molecular weight is 208 g/mol. The summed E-state index contributed by atoms with van der Waals surface area (Å²) in [5.41, 5.74) is 1.69. The molecule has 0 amide bonds. The van der Waals surface area contributed by atoms with Crippen molar-refractivity contribution >= 4 is 5.78 Å². The third kappa shape index (κ3) is 3.36. The lowest BCUT2D eigenvalue weighted by Gasteiger charge is -2.08. The first-order chi connectivity index (χ1) is 7.15. The smallest absolute Gasteiger partial charge is 0.160 e. The zero-order chi connectivity index (χ0) is 11.3. The molecule has 0 atom stereocenters. The average Bonchev–Trinajstić information content (AvgIpc) is 2.17. The van der Waals surface area contributed by atoms with Crippen LogP contribution in [0.25, 0.3) is 0 Å². The van der Waals surface area contributed by atoms with Crippen molar-refractivity contribution in [3.63, 3.8) is 0 Å². The van der Waals surface area contributed by atoms with Gasteiger partial charge >= 0.3 is 0 Å². The van der Waals surface area contributed by atoms with E-state index in [4.69, 9.17) is 9.47 Å². The molecule has 0 bridgehead atoms. The molecule has 0 radical (unpaired) electrons. The molecule has 0 aliphatic heterocycles. The lowest BCUT2D eigenvalue weighted by atomic mass is 10.1. The zero-order valence-corrected chi connectivity index (χ0v) is 9.37. The number of aryl methyl sites for hydroxylation is 1. The number of Topliss-reactive ketones (excluding diaryl/α,β-unsaturated/α-hetero) is 1. The minimum atomic E-state index is 0.0796. The number of methoxy groups -OCH3 is 1. The maximum Gasteiger partial charge on any atom is 0.160 e. The summed E-state index contributed by atoms with van der Waals surface area (Å²) in [7, 11) is 1.63. The lowest BCUT2D eigenvalue weighted by molar-refractivity contribution is 0.101. The zero-order valence-electron chi connectivity index (χ0n) is 9.37. The van der Waals surface area contributed by atoms with E-state index in [2.05, 4.69) is 0 Å². The van der Waals surface area contributed by atoms with Gasteiger partial charge in [-0.25, -0.2) is 0 Å². The highest BCUT2D eigenvalue weighted by atomic mass is 16.5. The number of hydrogen-bond acceptors (Lipinski definition) is 3. The Kier molecular flexibility index (Phi) is 4.31. The second-order valence-electron chi connectivity index (χ2n) is 3.37. The quantitative estimate of drug-likeness (QED) is 0.550. The fourth-order valence-electron chi connectivity index (χ4n) is 1.36. The topological polar surface area (TPSA) is 35.5 Å². The van der Waals surface area contributed by atoms with E-state index in [1.165, 1.54) is 0 Å². The summed E-state index contributed by atoms with van der Waals surface area (Å²) in [5.74, 6) is 0.852. The molecule has 0 heterocycles. The lowest BCUT2D eigenvalue weighted by Crippen LogP contribution is -2.05. The first-order valence-electron chi connectivity index (χ1n) is 4.88. The summed E-state index contributed by atoms with van der Waals surface area (Å²) in [5, 5.41) is 0. The van der Waals surface area contributed by atoms with Crippen LogP contribution in [0.3, 0.4) is 0 Å². The molecule has 0 spiro atoms. The number of carbonyl (C=O) groups is 1. The molecule has 0 N–H and O–H groups in total. The summed E-state index contributed by atoms with van der Waals surface area (Å²) in [6, 6.07) is 5.46. The summed E-state index contributed by atoms with van der Waals surface area (Å²) >= 11 is 0. The molecule has 0 aliphatic carbocycles. The van der Waals surface area contributed by atoms with Gasteiger partial charge in [-0.05, 0) is 37.6 Å². The van der Waals surface area contributed by atoms with Crippen LogP contribution in [-0.2, 0) is 4.74 Å². The van der Waals surface area contributed by atoms with Gasteiger partial charge in [-0.3, -0.25) is 4.79 Å². The van der Waals surface area contributed by atoms with E-state index in [9.17, 15) is 4.79 Å². The Bertz CT molecular complexity index is 345. The molecule has 1 rings (SSSR count). The van der Waals surface area contributed by atoms with Crippen molar-refractivity contribution in [2.75, 3.05) is 20.3 Å².